The second kappa shape index (κ2) is 9.70. The van der Waals surface area contributed by atoms with E-state index in [0.29, 0.717) is 0 Å². The van der Waals surface area contributed by atoms with Gasteiger partial charge in [0, 0.05) is 17.4 Å². The van der Waals surface area contributed by atoms with E-state index in [1.165, 1.54) is 0 Å². The summed E-state index contributed by atoms with van der Waals surface area (Å²) in [7, 11) is 0. The molecule has 0 aromatic carbocycles. The van der Waals surface area contributed by atoms with Crippen molar-refractivity contribution in [3.63, 3.8) is 0 Å². The molecule has 1 fully saturated rings. The molecular weight excluding hydrogens is 368 g/mol. The van der Waals surface area contributed by atoms with Crippen LogP contribution in [0.15, 0.2) is 35.5 Å². The maximum absolute atomic E-state index is 12.9. The van der Waals surface area contributed by atoms with Gasteiger partial charge in [0.1, 0.15) is 0 Å². The Bertz CT molecular complexity index is 591. The van der Waals surface area contributed by atoms with E-state index in [1.807, 2.05) is 48.7 Å². The topological polar surface area (TPSA) is 52.6 Å². The van der Waals surface area contributed by atoms with E-state index in [9.17, 15) is 9.59 Å². The lowest BCUT2D eigenvalue weighted by atomic mass is 9.83. The summed E-state index contributed by atoms with van der Waals surface area (Å²) in [6, 6.07) is 0. The second-order valence-corrected chi connectivity index (χ2v) is 9.56. The molecule has 1 atom stereocenters. The average molecular weight is 397 g/mol. The number of hydrogen-bond donors (Lipinski definition) is 0. The largest absolute Gasteiger partial charge is 0.462 e. The normalized spacial score (nSPS) is 21.0. The average Bonchev–Trinajstić information content (AvgIpc) is 3.17. The van der Waals surface area contributed by atoms with E-state index in [-0.39, 0.29) is 22.7 Å². The van der Waals surface area contributed by atoms with E-state index in [2.05, 4.69) is 6.08 Å². The van der Waals surface area contributed by atoms with Crippen molar-refractivity contribution in [2.24, 2.45) is 11.8 Å². The van der Waals surface area contributed by atoms with E-state index in [0.717, 1.165) is 22.7 Å². The molecule has 1 aliphatic heterocycles. The minimum Gasteiger partial charge on any atom is -0.462 e. The molecule has 6 heteroatoms. The van der Waals surface area contributed by atoms with Gasteiger partial charge in [-0.25, -0.2) is 0 Å². The third-order valence-corrected chi connectivity index (χ3v) is 7.09. The number of allylic oxidation sites excluding steroid dienone is 5. The summed E-state index contributed by atoms with van der Waals surface area (Å²) in [6.07, 6.45) is 7.41. The van der Waals surface area contributed by atoms with Crippen molar-refractivity contribution in [3.8, 4) is 0 Å². The first-order valence-electron chi connectivity index (χ1n) is 9.03. The zero-order valence-corrected chi connectivity index (χ0v) is 17.7. The highest BCUT2D eigenvalue weighted by molar-refractivity contribution is 8.20. The Kier molecular flexibility index (Phi) is 7.89. The summed E-state index contributed by atoms with van der Waals surface area (Å²) >= 11 is 3.73. The minimum absolute atomic E-state index is 0.264. The van der Waals surface area contributed by atoms with Crippen LogP contribution in [0.25, 0.3) is 0 Å². The summed E-state index contributed by atoms with van der Waals surface area (Å²) in [6.45, 7) is 9.10. The molecule has 0 unspecified atom stereocenters. The maximum Gasteiger partial charge on any atom is 0.321 e. The third kappa shape index (κ3) is 5.19. The summed E-state index contributed by atoms with van der Waals surface area (Å²) in [5.41, 5.74) is 2.07. The number of carbonyl (C=O) groups excluding carboxylic acids is 2. The molecule has 0 amide bonds. The van der Waals surface area contributed by atoms with Crippen molar-refractivity contribution in [2.45, 2.75) is 51.4 Å². The predicted molar refractivity (Wildman–Crippen MR) is 109 cm³/mol. The van der Waals surface area contributed by atoms with Gasteiger partial charge in [-0.2, -0.15) is 0 Å². The van der Waals surface area contributed by atoms with Crippen molar-refractivity contribution < 1.29 is 19.1 Å². The quantitative estimate of drug-likeness (QED) is 0.470. The first kappa shape index (κ1) is 21.2. The van der Waals surface area contributed by atoms with E-state index in [4.69, 9.17) is 9.47 Å². The van der Waals surface area contributed by atoms with Crippen LogP contribution in [0.5, 0.6) is 0 Å². The molecule has 0 aromatic rings. The minimum atomic E-state index is -0.974. The number of hydrogen-bond acceptors (Lipinski definition) is 6. The van der Waals surface area contributed by atoms with Crippen molar-refractivity contribution in [3.05, 3.63) is 35.5 Å². The van der Waals surface area contributed by atoms with E-state index < -0.39 is 17.9 Å². The van der Waals surface area contributed by atoms with Gasteiger partial charge in [-0.05, 0) is 45.8 Å². The zero-order valence-electron chi connectivity index (χ0n) is 16.1. The van der Waals surface area contributed by atoms with Crippen LogP contribution in [0.4, 0.5) is 0 Å². The van der Waals surface area contributed by atoms with Gasteiger partial charge < -0.3 is 9.47 Å². The van der Waals surface area contributed by atoms with Crippen molar-refractivity contribution in [1.82, 2.24) is 0 Å². The third-order valence-electron chi connectivity index (χ3n) is 3.98. The van der Waals surface area contributed by atoms with Crippen LogP contribution in [0, 0.1) is 11.8 Å². The SMILES string of the molecule is C/C=C\C1=CC=C(C2SCCS2)[C@@H]1C(C(=O)OC(C)C)C(=O)OC(C)C. The molecule has 0 saturated carbocycles. The highest BCUT2D eigenvalue weighted by atomic mass is 32.2. The summed E-state index contributed by atoms with van der Waals surface area (Å²) in [4.78, 5) is 25.7. The molecule has 0 bridgehead atoms. The number of esters is 2. The smallest absolute Gasteiger partial charge is 0.321 e. The highest BCUT2D eigenvalue weighted by Crippen LogP contribution is 2.47. The Morgan fingerprint density at radius 1 is 1.04 bits per heavy atom. The number of rotatable bonds is 7. The summed E-state index contributed by atoms with van der Waals surface area (Å²) < 4.78 is 11.1. The van der Waals surface area contributed by atoms with Crippen LogP contribution in [0.2, 0.25) is 0 Å². The molecule has 2 aliphatic rings. The van der Waals surface area contributed by atoms with Gasteiger partial charge >= 0.3 is 11.9 Å². The highest BCUT2D eigenvalue weighted by Gasteiger charge is 2.45. The van der Waals surface area contributed by atoms with Gasteiger partial charge in [0.2, 0.25) is 0 Å². The summed E-state index contributed by atoms with van der Waals surface area (Å²) in [5, 5.41) is 0. The molecule has 0 N–H and O–H groups in total. The summed E-state index contributed by atoms with van der Waals surface area (Å²) in [5.74, 6) is -0.158. The van der Waals surface area contributed by atoms with E-state index in [1.54, 1.807) is 27.7 Å². The Labute approximate surface area is 164 Å². The first-order valence-corrected chi connectivity index (χ1v) is 11.1. The molecular formula is C20H28O4S2. The monoisotopic (exact) mass is 396 g/mol. The van der Waals surface area contributed by atoms with Crippen LogP contribution in [-0.4, -0.2) is 40.2 Å². The lowest BCUT2D eigenvalue weighted by molar-refractivity contribution is -0.167. The molecule has 26 heavy (non-hydrogen) atoms. The fourth-order valence-electron chi connectivity index (χ4n) is 3.08. The molecule has 1 saturated heterocycles. The predicted octanol–water partition coefficient (Wildman–Crippen LogP) is 4.37. The van der Waals surface area contributed by atoms with Crippen molar-refractivity contribution in [2.75, 3.05) is 11.5 Å². The lowest BCUT2D eigenvalue weighted by Gasteiger charge is -2.28. The van der Waals surface area contributed by atoms with Crippen LogP contribution < -0.4 is 0 Å². The zero-order chi connectivity index (χ0) is 19.3. The van der Waals surface area contributed by atoms with Crippen LogP contribution in [0.1, 0.15) is 34.6 Å². The Balaban J connectivity index is 2.38. The fourth-order valence-corrected chi connectivity index (χ4v) is 6.08. The van der Waals surface area contributed by atoms with Gasteiger partial charge in [0.05, 0.1) is 16.8 Å². The van der Waals surface area contributed by atoms with Crippen LogP contribution in [-0.2, 0) is 19.1 Å². The van der Waals surface area contributed by atoms with Crippen LogP contribution >= 0.6 is 23.5 Å². The van der Waals surface area contributed by atoms with Gasteiger partial charge in [0.25, 0.3) is 0 Å². The fraction of sp³-hybridized carbons (Fsp3) is 0.600. The lowest BCUT2D eigenvalue weighted by Crippen LogP contribution is -2.38. The van der Waals surface area contributed by atoms with Crippen LogP contribution in [0.3, 0.4) is 0 Å². The molecule has 144 valence electrons. The van der Waals surface area contributed by atoms with E-state index >= 15 is 0 Å². The molecule has 1 aliphatic carbocycles. The van der Waals surface area contributed by atoms with Crippen molar-refractivity contribution in [1.29, 1.82) is 0 Å². The Morgan fingerprint density at radius 2 is 1.58 bits per heavy atom. The molecule has 4 nitrogen and oxygen atoms in total. The van der Waals surface area contributed by atoms with Gasteiger partial charge in [0.15, 0.2) is 5.92 Å². The molecule has 0 aromatic heterocycles. The second-order valence-electron chi connectivity index (χ2n) is 6.83. The molecule has 1 heterocycles. The molecule has 2 rings (SSSR count). The number of ether oxygens (including phenoxy) is 2. The van der Waals surface area contributed by atoms with Gasteiger partial charge in [-0.15, -0.1) is 23.5 Å². The Morgan fingerprint density at radius 3 is 2.04 bits per heavy atom. The number of carbonyl (C=O) groups is 2. The standard InChI is InChI=1S/C20H28O4S2/c1-6-7-14-8-9-15(20-25-10-11-26-20)16(14)17(18(21)23-12(2)3)19(22)24-13(4)5/h6-9,12-13,16-17,20H,10-11H2,1-5H3/b7-6-/t16-/m1/s1. The van der Waals surface area contributed by atoms with Gasteiger partial charge in [-0.3, -0.25) is 9.59 Å². The maximum atomic E-state index is 12.9. The molecule has 0 radical (unpaired) electrons. The Hall–Kier alpha value is -1.14. The van der Waals surface area contributed by atoms with Gasteiger partial charge in [-0.1, -0.05) is 24.3 Å². The molecule has 0 spiro atoms. The van der Waals surface area contributed by atoms with Crippen molar-refractivity contribution >= 4 is 35.5 Å². The number of thioether (sulfide) groups is 2. The first-order chi connectivity index (χ1) is 12.3.